The lowest BCUT2D eigenvalue weighted by Gasteiger charge is -1.99. The van der Waals surface area contributed by atoms with Gasteiger partial charge in [-0.2, -0.15) is 4.98 Å². The van der Waals surface area contributed by atoms with Crippen LogP contribution in [0, 0.1) is 12.3 Å². The van der Waals surface area contributed by atoms with Crippen LogP contribution in [0.1, 0.15) is 0 Å². The van der Waals surface area contributed by atoms with E-state index in [1.807, 2.05) is 46.9 Å². The van der Waals surface area contributed by atoms with Gasteiger partial charge in [-0.1, -0.05) is 18.1 Å². The molecule has 0 aliphatic carbocycles. The average molecular weight is 299 g/mol. The van der Waals surface area contributed by atoms with Crippen molar-refractivity contribution in [1.29, 1.82) is 0 Å². The summed E-state index contributed by atoms with van der Waals surface area (Å²) in [5, 5.41) is 0. The molecule has 1 aromatic carbocycles. The van der Waals surface area contributed by atoms with Crippen LogP contribution < -0.4 is 4.74 Å². The standard InChI is InChI=1S/C10H6INO2/c1-2-9(11)14-10-12-7-5-3-4-6-8(7)13-10/h1,3-6,9H. The van der Waals surface area contributed by atoms with Crippen molar-refractivity contribution in [2.45, 2.75) is 4.11 Å². The number of alkyl halides is 1. The maximum absolute atomic E-state index is 5.31. The number of aromatic nitrogens is 1. The SMILES string of the molecule is C#CC(I)Oc1nc2ccccc2o1. The third-order valence-corrected chi connectivity index (χ3v) is 2.22. The Hall–Kier alpha value is -1.22. The Labute approximate surface area is 94.6 Å². The number of benzene rings is 1. The van der Waals surface area contributed by atoms with Crippen molar-refractivity contribution in [3.05, 3.63) is 24.3 Å². The lowest BCUT2D eigenvalue weighted by Crippen LogP contribution is -2.03. The van der Waals surface area contributed by atoms with Gasteiger partial charge < -0.3 is 9.15 Å². The summed E-state index contributed by atoms with van der Waals surface area (Å²) >= 11 is 1.98. The first-order valence-corrected chi connectivity index (χ1v) is 5.16. The number of terminal acetylenes is 1. The van der Waals surface area contributed by atoms with Gasteiger partial charge in [-0.15, -0.1) is 6.42 Å². The first kappa shape index (κ1) is 9.34. The Bertz CT molecular complexity index is 453. The Morgan fingerprint density at radius 2 is 2.29 bits per heavy atom. The van der Waals surface area contributed by atoms with Crippen LogP contribution in [-0.2, 0) is 0 Å². The number of halogens is 1. The van der Waals surface area contributed by atoms with Gasteiger partial charge in [0.25, 0.3) is 0 Å². The molecule has 0 amide bonds. The van der Waals surface area contributed by atoms with Gasteiger partial charge in [0.15, 0.2) is 5.58 Å². The molecule has 0 saturated carbocycles. The van der Waals surface area contributed by atoms with E-state index < -0.39 is 0 Å². The second-order valence-corrected chi connectivity index (χ2v) is 3.68. The van der Waals surface area contributed by atoms with Crippen molar-refractivity contribution >= 4 is 33.7 Å². The second kappa shape index (κ2) is 3.88. The van der Waals surface area contributed by atoms with Crippen molar-refractivity contribution in [3.8, 4) is 18.4 Å². The van der Waals surface area contributed by atoms with E-state index in [2.05, 4.69) is 10.9 Å². The molecule has 0 saturated heterocycles. The molecule has 1 aromatic heterocycles. The minimum Gasteiger partial charge on any atom is -0.424 e. The van der Waals surface area contributed by atoms with Gasteiger partial charge in [-0.3, -0.25) is 0 Å². The molecule has 70 valence electrons. The zero-order chi connectivity index (χ0) is 9.97. The van der Waals surface area contributed by atoms with Crippen LogP contribution in [0.5, 0.6) is 6.08 Å². The van der Waals surface area contributed by atoms with Crippen molar-refractivity contribution in [3.63, 3.8) is 0 Å². The molecule has 0 aliphatic heterocycles. The molecule has 3 nitrogen and oxygen atoms in total. The number of hydrogen-bond donors (Lipinski definition) is 0. The normalized spacial score (nSPS) is 12.3. The number of fused-ring (bicyclic) bond motifs is 1. The molecule has 14 heavy (non-hydrogen) atoms. The molecule has 0 spiro atoms. The van der Waals surface area contributed by atoms with E-state index in [1.165, 1.54) is 0 Å². The summed E-state index contributed by atoms with van der Waals surface area (Å²) in [5.74, 6) is 2.42. The van der Waals surface area contributed by atoms with E-state index in [0.717, 1.165) is 5.52 Å². The van der Waals surface area contributed by atoms with Gasteiger partial charge in [-0.05, 0) is 34.7 Å². The molecule has 0 radical (unpaired) electrons. The van der Waals surface area contributed by atoms with Gasteiger partial charge in [-0.25, -0.2) is 0 Å². The van der Waals surface area contributed by atoms with Crippen LogP contribution in [0.15, 0.2) is 28.7 Å². The minimum atomic E-state index is -0.360. The van der Waals surface area contributed by atoms with Gasteiger partial charge >= 0.3 is 6.08 Å². The number of rotatable bonds is 2. The summed E-state index contributed by atoms with van der Waals surface area (Å²) in [7, 11) is 0. The predicted molar refractivity (Wildman–Crippen MR) is 61.3 cm³/mol. The molecule has 0 bridgehead atoms. The van der Waals surface area contributed by atoms with Crippen LogP contribution in [0.25, 0.3) is 11.1 Å². The first-order chi connectivity index (χ1) is 6.79. The van der Waals surface area contributed by atoms with Crippen LogP contribution in [-0.4, -0.2) is 9.09 Å². The maximum atomic E-state index is 5.31. The summed E-state index contributed by atoms with van der Waals surface area (Å²) in [6.45, 7) is 0. The smallest absolute Gasteiger partial charge is 0.396 e. The van der Waals surface area contributed by atoms with E-state index in [9.17, 15) is 0 Å². The van der Waals surface area contributed by atoms with Gasteiger partial charge in [0.05, 0.1) is 0 Å². The van der Waals surface area contributed by atoms with E-state index in [-0.39, 0.29) is 10.2 Å². The summed E-state index contributed by atoms with van der Waals surface area (Å²) in [6.07, 6.45) is 5.37. The lowest BCUT2D eigenvalue weighted by molar-refractivity contribution is 0.260. The van der Waals surface area contributed by atoms with Gasteiger partial charge in [0.1, 0.15) is 5.52 Å². The van der Waals surface area contributed by atoms with Gasteiger partial charge in [0.2, 0.25) is 4.11 Å². The molecule has 1 atom stereocenters. The summed E-state index contributed by atoms with van der Waals surface area (Å²) in [4.78, 5) is 4.11. The number of para-hydroxylation sites is 2. The van der Waals surface area contributed by atoms with E-state index in [1.54, 1.807) is 0 Å². The third kappa shape index (κ3) is 1.82. The van der Waals surface area contributed by atoms with Crippen molar-refractivity contribution in [2.75, 3.05) is 0 Å². The van der Waals surface area contributed by atoms with E-state index in [0.29, 0.717) is 5.58 Å². The second-order valence-electron chi connectivity index (χ2n) is 2.55. The van der Waals surface area contributed by atoms with Crippen LogP contribution >= 0.6 is 22.6 Å². The Kier molecular flexibility index (Phi) is 2.59. The highest BCUT2D eigenvalue weighted by molar-refractivity contribution is 14.1. The number of oxazole rings is 1. The molecule has 2 rings (SSSR count). The number of nitrogens with zero attached hydrogens (tertiary/aromatic N) is 1. The molecule has 0 N–H and O–H groups in total. The fourth-order valence-electron chi connectivity index (χ4n) is 1.02. The van der Waals surface area contributed by atoms with Crippen molar-refractivity contribution in [2.24, 2.45) is 0 Å². The molecule has 2 aromatic rings. The highest BCUT2D eigenvalue weighted by Gasteiger charge is 2.08. The maximum Gasteiger partial charge on any atom is 0.396 e. The summed E-state index contributed by atoms with van der Waals surface area (Å²) in [6, 6.07) is 7.44. The Morgan fingerprint density at radius 3 is 3.00 bits per heavy atom. The molecule has 4 heteroatoms. The van der Waals surface area contributed by atoms with Crippen LogP contribution in [0.2, 0.25) is 0 Å². The molecule has 1 unspecified atom stereocenters. The van der Waals surface area contributed by atoms with Crippen LogP contribution in [0.3, 0.4) is 0 Å². The minimum absolute atomic E-state index is 0.212. The zero-order valence-electron chi connectivity index (χ0n) is 7.11. The average Bonchev–Trinajstić information content (AvgIpc) is 2.59. The van der Waals surface area contributed by atoms with Crippen LogP contribution in [0.4, 0.5) is 0 Å². The van der Waals surface area contributed by atoms with Crippen molar-refractivity contribution < 1.29 is 9.15 Å². The monoisotopic (exact) mass is 299 g/mol. The first-order valence-electron chi connectivity index (χ1n) is 3.92. The molecular weight excluding hydrogens is 293 g/mol. The number of ether oxygens (including phenoxy) is 1. The Morgan fingerprint density at radius 1 is 1.50 bits per heavy atom. The lowest BCUT2D eigenvalue weighted by atomic mass is 10.3. The fraction of sp³-hybridized carbons (Fsp3) is 0.100. The quantitative estimate of drug-likeness (QED) is 0.486. The molecular formula is C10H6INO2. The number of hydrogen-bond acceptors (Lipinski definition) is 3. The Balaban J connectivity index is 2.32. The highest BCUT2D eigenvalue weighted by Crippen LogP contribution is 2.21. The largest absolute Gasteiger partial charge is 0.424 e. The zero-order valence-corrected chi connectivity index (χ0v) is 9.26. The fourth-order valence-corrected chi connectivity index (χ4v) is 1.24. The molecule has 1 heterocycles. The molecule has 0 aliphatic rings. The summed E-state index contributed by atoms with van der Waals surface area (Å²) < 4.78 is 10.2. The molecule has 0 fully saturated rings. The van der Waals surface area contributed by atoms with Gasteiger partial charge in [0, 0.05) is 0 Å². The topological polar surface area (TPSA) is 35.3 Å². The van der Waals surface area contributed by atoms with Crippen molar-refractivity contribution in [1.82, 2.24) is 4.98 Å². The predicted octanol–water partition coefficient (Wildman–Crippen LogP) is 2.60. The highest BCUT2D eigenvalue weighted by atomic mass is 127. The third-order valence-electron chi connectivity index (χ3n) is 1.61. The van der Waals surface area contributed by atoms with E-state index >= 15 is 0 Å². The summed E-state index contributed by atoms with van der Waals surface area (Å²) in [5.41, 5.74) is 1.46. The van der Waals surface area contributed by atoms with E-state index in [4.69, 9.17) is 15.6 Å².